The fraction of sp³-hybridized carbons (Fsp3) is 0.625. The Morgan fingerprint density at radius 2 is 2.21 bits per heavy atom. The number of rotatable bonds is 5. The van der Waals surface area contributed by atoms with Crippen molar-refractivity contribution < 1.29 is 4.74 Å². The van der Waals surface area contributed by atoms with Gasteiger partial charge in [-0.15, -0.1) is 0 Å². The third kappa shape index (κ3) is 2.61. The molecule has 2 aliphatic rings. The van der Waals surface area contributed by atoms with Gasteiger partial charge in [0.15, 0.2) is 0 Å². The van der Waals surface area contributed by atoms with Crippen LogP contribution in [-0.2, 0) is 13.0 Å². The van der Waals surface area contributed by atoms with E-state index in [9.17, 15) is 0 Å². The lowest BCUT2D eigenvalue weighted by Gasteiger charge is -2.41. The highest BCUT2D eigenvalue weighted by Gasteiger charge is 2.34. The standard InChI is InChI=1S/C16H22ClNO/c1-2-16(5-3-6-16)11-18-10-13-9-14(17)8-12-4-7-19-15(12)13/h8-9,18H,2-7,10-11H2,1H3. The van der Waals surface area contributed by atoms with Crippen molar-refractivity contribution in [2.75, 3.05) is 13.2 Å². The van der Waals surface area contributed by atoms with Gasteiger partial charge in [0, 0.05) is 30.1 Å². The van der Waals surface area contributed by atoms with Crippen molar-refractivity contribution in [2.45, 2.75) is 45.6 Å². The number of fused-ring (bicyclic) bond motifs is 1. The molecule has 0 amide bonds. The van der Waals surface area contributed by atoms with Gasteiger partial charge in [0.25, 0.3) is 0 Å². The molecule has 3 heteroatoms. The largest absolute Gasteiger partial charge is 0.493 e. The molecule has 1 aromatic rings. The lowest BCUT2D eigenvalue weighted by molar-refractivity contribution is 0.123. The average Bonchev–Trinajstić information content (AvgIpc) is 2.80. The second kappa shape index (κ2) is 5.34. The number of hydrogen-bond acceptors (Lipinski definition) is 2. The normalized spacial score (nSPS) is 19.7. The molecule has 0 unspecified atom stereocenters. The summed E-state index contributed by atoms with van der Waals surface area (Å²) in [6, 6.07) is 4.07. The first kappa shape index (κ1) is 13.3. The van der Waals surface area contributed by atoms with E-state index in [1.807, 2.05) is 12.1 Å². The van der Waals surface area contributed by atoms with Crippen LogP contribution in [0.5, 0.6) is 5.75 Å². The summed E-state index contributed by atoms with van der Waals surface area (Å²) in [4.78, 5) is 0. The topological polar surface area (TPSA) is 21.3 Å². The van der Waals surface area contributed by atoms with Gasteiger partial charge in [0.05, 0.1) is 6.61 Å². The molecule has 0 aromatic heterocycles. The molecular weight excluding hydrogens is 258 g/mol. The van der Waals surface area contributed by atoms with Gasteiger partial charge in [-0.2, -0.15) is 0 Å². The number of halogens is 1. The third-order valence-electron chi connectivity index (χ3n) is 4.81. The maximum atomic E-state index is 6.18. The third-order valence-corrected chi connectivity index (χ3v) is 5.02. The second-order valence-corrected chi connectivity index (χ2v) is 6.40. The molecular formula is C16H22ClNO. The summed E-state index contributed by atoms with van der Waals surface area (Å²) in [5.74, 6) is 1.07. The Hall–Kier alpha value is -0.730. The van der Waals surface area contributed by atoms with Gasteiger partial charge in [-0.1, -0.05) is 24.9 Å². The van der Waals surface area contributed by atoms with Crippen molar-refractivity contribution in [3.05, 3.63) is 28.3 Å². The van der Waals surface area contributed by atoms with Gasteiger partial charge < -0.3 is 10.1 Å². The predicted octanol–water partition coefficient (Wildman–Crippen LogP) is 3.94. The van der Waals surface area contributed by atoms with E-state index in [1.54, 1.807) is 0 Å². The zero-order chi connectivity index (χ0) is 13.3. The Morgan fingerprint density at radius 1 is 1.37 bits per heavy atom. The lowest BCUT2D eigenvalue weighted by Crippen LogP contribution is -2.39. The molecule has 1 N–H and O–H groups in total. The Kier molecular flexibility index (Phi) is 3.72. The lowest BCUT2D eigenvalue weighted by atomic mass is 9.67. The van der Waals surface area contributed by atoms with E-state index < -0.39 is 0 Å². The van der Waals surface area contributed by atoms with Crippen molar-refractivity contribution in [1.82, 2.24) is 5.32 Å². The van der Waals surface area contributed by atoms with Crippen LogP contribution in [0.3, 0.4) is 0 Å². The van der Waals surface area contributed by atoms with Gasteiger partial charge in [-0.25, -0.2) is 0 Å². The number of nitrogens with one attached hydrogen (secondary N) is 1. The van der Waals surface area contributed by atoms with Gasteiger partial charge in [0.1, 0.15) is 5.75 Å². The van der Waals surface area contributed by atoms with Crippen LogP contribution in [0.15, 0.2) is 12.1 Å². The predicted molar refractivity (Wildman–Crippen MR) is 78.9 cm³/mol. The highest BCUT2D eigenvalue weighted by Crippen LogP contribution is 2.43. The van der Waals surface area contributed by atoms with E-state index in [2.05, 4.69) is 12.2 Å². The van der Waals surface area contributed by atoms with E-state index in [4.69, 9.17) is 16.3 Å². The Bertz CT molecular complexity index is 463. The fourth-order valence-electron chi connectivity index (χ4n) is 3.27. The average molecular weight is 280 g/mol. The van der Waals surface area contributed by atoms with Crippen molar-refractivity contribution in [3.63, 3.8) is 0 Å². The van der Waals surface area contributed by atoms with Crippen LogP contribution in [0.2, 0.25) is 5.02 Å². The summed E-state index contributed by atoms with van der Waals surface area (Å²) in [5.41, 5.74) is 3.03. The van der Waals surface area contributed by atoms with Crippen LogP contribution in [0, 0.1) is 5.41 Å². The minimum atomic E-state index is 0.558. The monoisotopic (exact) mass is 279 g/mol. The molecule has 2 nitrogen and oxygen atoms in total. The molecule has 104 valence electrons. The van der Waals surface area contributed by atoms with E-state index in [0.717, 1.165) is 36.9 Å². The number of ether oxygens (including phenoxy) is 1. The first-order valence-electron chi connectivity index (χ1n) is 7.37. The Labute approximate surface area is 120 Å². The first-order chi connectivity index (χ1) is 9.22. The van der Waals surface area contributed by atoms with E-state index in [-0.39, 0.29) is 0 Å². The first-order valence-corrected chi connectivity index (χ1v) is 7.75. The van der Waals surface area contributed by atoms with Crippen molar-refractivity contribution >= 4 is 11.6 Å². The van der Waals surface area contributed by atoms with Crippen LogP contribution in [-0.4, -0.2) is 13.2 Å². The highest BCUT2D eigenvalue weighted by molar-refractivity contribution is 6.30. The molecule has 0 atom stereocenters. The van der Waals surface area contributed by atoms with Crippen LogP contribution < -0.4 is 10.1 Å². The molecule has 3 rings (SSSR count). The highest BCUT2D eigenvalue weighted by atomic mass is 35.5. The van der Waals surface area contributed by atoms with Gasteiger partial charge in [-0.3, -0.25) is 0 Å². The zero-order valence-corrected chi connectivity index (χ0v) is 12.4. The van der Waals surface area contributed by atoms with Gasteiger partial charge >= 0.3 is 0 Å². The molecule has 19 heavy (non-hydrogen) atoms. The molecule has 0 bridgehead atoms. The maximum absolute atomic E-state index is 6.18. The van der Waals surface area contributed by atoms with Crippen LogP contribution in [0.4, 0.5) is 0 Å². The smallest absolute Gasteiger partial charge is 0.127 e. The van der Waals surface area contributed by atoms with Crippen LogP contribution in [0.25, 0.3) is 0 Å². The minimum Gasteiger partial charge on any atom is -0.493 e. The quantitative estimate of drug-likeness (QED) is 0.881. The summed E-state index contributed by atoms with van der Waals surface area (Å²) in [5, 5.41) is 4.44. The summed E-state index contributed by atoms with van der Waals surface area (Å²) in [7, 11) is 0. The van der Waals surface area contributed by atoms with Crippen molar-refractivity contribution in [3.8, 4) is 5.75 Å². The van der Waals surface area contributed by atoms with Crippen molar-refractivity contribution in [2.24, 2.45) is 5.41 Å². The minimum absolute atomic E-state index is 0.558. The maximum Gasteiger partial charge on any atom is 0.127 e. The van der Waals surface area contributed by atoms with Gasteiger partial charge in [0.2, 0.25) is 0 Å². The number of hydrogen-bond donors (Lipinski definition) is 1. The fourth-order valence-corrected chi connectivity index (χ4v) is 3.54. The molecule has 1 fully saturated rings. The van der Waals surface area contributed by atoms with Crippen molar-refractivity contribution in [1.29, 1.82) is 0 Å². The molecule has 1 saturated carbocycles. The summed E-state index contributed by atoms with van der Waals surface area (Å²) in [6.07, 6.45) is 6.42. The summed E-state index contributed by atoms with van der Waals surface area (Å²) < 4.78 is 5.74. The zero-order valence-electron chi connectivity index (χ0n) is 11.6. The summed E-state index contributed by atoms with van der Waals surface area (Å²) in [6.45, 7) is 5.08. The van der Waals surface area contributed by atoms with Crippen LogP contribution >= 0.6 is 11.6 Å². The van der Waals surface area contributed by atoms with E-state index >= 15 is 0 Å². The van der Waals surface area contributed by atoms with E-state index in [1.165, 1.54) is 36.8 Å². The molecule has 0 saturated heterocycles. The molecule has 0 radical (unpaired) electrons. The number of benzene rings is 1. The molecule has 0 spiro atoms. The van der Waals surface area contributed by atoms with Crippen LogP contribution in [0.1, 0.15) is 43.7 Å². The van der Waals surface area contributed by atoms with E-state index in [0.29, 0.717) is 5.41 Å². The molecule has 1 aromatic carbocycles. The summed E-state index contributed by atoms with van der Waals surface area (Å²) >= 11 is 6.18. The molecule has 1 aliphatic heterocycles. The SMILES string of the molecule is CCC1(CNCc2cc(Cl)cc3c2OCC3)CCC1. The van der Waals surface area contributed by atoms with Gasteiger partial charge in [-0.05, 0) is 42.4 Å². The Balaban J connectivity index is 1.64. The molecule has 1 aliphatic carbocycles. The Morgan fingerprint density at radius 3 is 2.89 bits per heavy atom. The second-order valence-electron chi connectivity index (χ2n) is 5.96. The molecule has 1 heterocycles.